The second-order valence-corrected chi connectivity index (χ2v) is 10.7. The number of rotatable bonds is 12. The molecule has 0 unspecified atom stereocenters. The number of hydrogen-bond acceptors (Lipinski definition) is 6. The molecule has 0 spiro atoms. The van der Waals surface area contributed by atoms with Gasteiger partial charge in [0.05, 0.1) is 38.0 Å². The van der Waals surface area contributed by atoms with Gasteiger partial charge < -0.3 is 19.5 Å². The lowest BCUT2D eigenvalue weighted by atomic mass is 9.97. The van der Waals surface area contributed by atoms with Crippen molar-refractivity contribution in [2.45, 2.75) is 31.2 Å². The Hall–Kier alpha value is -3.72. The lowest BCUT2D eigenvalue weighted by Gasteiger charge is -2.27. The molecule has 0 radical (unpaired) electrons. The molecule has 8 nitrogen and oxygen atoms in total. The average molecular weight is 527 g/mol. The first-order valence-corrected chi connectivity index (χ1v) is 13.4. The third-order valence-electron chi connectivity index (χ3n) is 5.85. The number of nitrogens with one attached hydrogen (secondary N) is 1. The van der Waals surface area contributed by atoms with E-state index in [2.05, 4.69) is 19.2 Å². The fraction of sp³-hybridized carbons (Fsp3) is 0.321. The number of methoxy groups -OCH3 is 3. The molecule has 3 rings (SSSR count). The Morgan fingerprint density at radius 1 is 0.838 bits per heavy atom. The second kappa shape index (κ2) is 12.5. The summed E-state index contributed by atoms with van der Waals surface area (Å²) in [6.45, 7) is 3.70. The number of nitrogens with zero attached hydrogens (tertiary/aromatic N) is 1. The Bertz CT molecular complexity index is 1270. The summed E-state index contributed by atoms with van der Waals surface area (Å²) in [4.78, 5) is 13.4. The summed E-state index contributed by atoms with van der Waals surface area (Å²) in [7, 11) is 0.440. The molecule has 9 heteroatoms. The number of ether oxygens (including phenoxy) is 3. The van der Waals surface area contributed by atoms with Gasteiger partial charge in [-0.1, -0.05) is 38.1 Å². The summed E-state index contributed by atoms with van der Waals surface area (Å²) >= 11 is 0. The van der Waals surface area contributed by atoms with Gasteiger partial charge in [0, 0.05) is 0 Å². The number of carbonyl (C=O) groups is 1. The summed E-state index contributed by atoms with van der Waals surface area (Å²) < 4.78 is 44.5. The number of benzene rings is 3. The minimum atomic E-state index is -4.12. The van der Waals surface area contributed by atoms with Crippen molar-refractivity contribution in [2.24, 2.45) is 5.92 Å². The first-order valence-electron chi connectivity index (χ1n) is 11.9. The average Bonchev–Trinajstić information content (AvgIpc) is 2.91. The molecule has 0 heterocycles. The van der Waals surface area contributed by atoms with E-state index in [1.165, 1.54) is 26.4 Å². The van der Waals surface area contributed by atoms with Gasteiger partial charge in [-0.25, -0.2) is 8.42 Å². The molecule has 3 aromatic carbocycles. The maximum Gasteiger partial charge on any atom is 0.264 e. The highest BCUT2D eigenvalue weighted by atomic mass is 32.2. The summed E-state index contributed by atoms with van der Waals surface area (Å²) in [6.07, 6.45) is 0.679. The first kappa shape index (κ1) is 27.9. The van der Waals surface area contributed by atoms with Gasteiger partial charge in [-0.2, -0.15) is 0 Å². The molecule has 0 saturated heterocycles. The number of amides is 1. The third kappa shape index (κ3) is 6.95. The van der Waals surface area contributed by atoms with E-state index in [9.17, 15) is 13.2 Å². The van der Waals surface area contributed by atoms with Gasteiger partial charge in [0.25, 0.3) is 10.0 Å². The van der Waals surface area contributed by atoms with Crippen LogP contribution in [0.4, 0.5) is 5.69 Å². The van der Waals surface area contributed by atoms with E-state index in [1.54, 1.807) is 43.5 Å². The standard InChI is InChI=1S/C28H34N2O6S/c1-20(2)18-25(21-10-12-22(34-3)13-11-21)29-28(31)19-30(26-8-6-7-9-27(26)36-5)37(32,33)24-16-14-23(35-4)15-17-24/h6-17,20,25H,18-19H2,1-5H3,(H,29,31)/t25-/m1/s1. The number of para-hydroxylation sites is 2. The van der Waals surface area contributed by atoms with E-state index in [0.29, 0.717) is 29.6 Å². The Kier molecular flexibility index (Phi) is 9.41. The zero-order valence-electron chi connectivity index (χ0n) is 21.8. The molecule has 0 aliphatic rings. The number of anilines is 1. The molecule has 1 amide bonds. The maximum absolute atomic E-state index is 13.8. The van der Waals surface area contributed by atoms with E-state index < -0.39 is 22.5 Å². The molecule has 198 valence electrons. The van der Waals surface area contributed by atoms with E-state index in [4.69, 9.17) is 14.2 Å². The monoisotopic (exact) mass is 526 g/mol. The van der Waals surface area contributed by atoms with Crippen LogP contribution in [0.25, 0.3) is 0 Å². The normalized spacial score (nSPS) is 12.1. The van der Waals surface area contributed by atoms with Gasteiger partial charge in [-0.05, 0) is 66.4 Å². The van der Waals surface area contributed by atoms with Crippen LogP contribution in [0.1, 0.15) is 31.9 Å². The van der Waals surface area contributed by atoms with E-state index in [1.807, 2.05) is 24.3 Å². The van der Waals surface area contributed by atoms with Crippen molar-refractivity contribution in [1.82, 2.24) is 5.32 Å². The first-order chi connectivity index (χ1) is 17.7. The Morgan fingerprint density at radius 3 is 1.95 bits per heavy atom. The van der Waals surface area contributed by atoms with Crippen LogP contribution in [0.3, 0.4) is 0 Å². The van der Waals surface area contributed by atoms with Crippen molar-refractivity contribution < 1.29 is 27.4 Å². The second-order valence-electron chi connectivity index (χ2n) is 8.88. The van der Waals surface area contributed by atoms with Crippen LogP contribution in [0.2, 0.25) is 0 Å². The van der Waals surface area contributed by atoms with Crippen molar-refractivity contribution in [1.29, 1.82) is 0 Å². The van der Waals surface area contributed by atoms with Crippen molar-refractivity contribution in [2.75, 3.05) is 32.2 Å². The van der Waals surface area contributed by atoms with E-state index in [0.717, 1.165) is 9.87 Å². The zero-order chi connectivity index (χ0) is 27.0. The summed E-state index contributed by atoms with van der Waals surface area (Å²) in [5.74, 6) is 1.43. The highest BCUT2D eigenvalue weighted by Gasteiger charge is 2.30. The number of hydrogen-bond donors (Lipinski definition) is 1. The topological polar surface area (TPSA) is 94.2 Å². The Balaban J connectivity index is 1.96. The molecule has 0 aliphatic carbocycles. The van der Waals surface area contributed by atoms with Gasteiger partial charge in [0.1, 0.15) is 23.8 Å². The van der Waals surface area contributed by atoms with Crippen molar-refractivity contribution in [3.63, 3.8) is 0 Å². The molecule has 1 atom stereocenters. The third-order valence-corrected chi connectivity index (χ3v) is 7.62. The van der Waals surface area contributed by atoms with E-state index in [-0.39, 0.29) is 16.6 Å². The molecular weight excluding hydrogens is 492 g/mol. The van der Waals surface area contributed by atoms with Crippen molar-refractivity contribution in [3.8, 4) is 17.2 Å². The van der Waals surface area contributed by atoms with Crippen molar-refractivity contribution >= 4 is 21.6 Å². The van der Waals surface area contributed by atoms with Crippen LogP contribution in [0.15, 0.2) is 77.7 Å². The fourth-order valence-corrected chi connectivity index (χ4v) is 5.40. The number of sulfonamides is 1. The quantitative estimate of drug-likeness (QED) is 0.364. The maximum atomic E-state index is 13.8. The predicted octanol–water partition coefficient (Wildman–Crippen LogP) is 4.81. The Labute approximate surface area is 219 Å². The zero-order valence-corrected chi connectivity index (χ0v) is 22.6. The van der Waals surface area contributed by atoms with Gasteiger partial charge in [0.15, 0.2) is 0 Å². The molecule has 0 aliphatic heterocycles. The molecule has 0 bridgehead atoms. The highest BCUT2D eigenvalue weighted by molar-refractivity contribution is 7.92. The summed E-state index contributed by atoms with van der Waals surface area (Å²) in [5.41, 5.74) is 1.17. The molecular formula is C28H34N2O6S. The van der Waals surface area contributed by atoms with Gasteiger partial charge in [0.2, 0.25) is 5.91 Å². The molecule has 37 heavy (non-hydrogen) atoms. The predicted molar refractivity (Wildman–Crippen MR) is 144 cm³/mol. The smallest absolute Gasteiger partial charge is 0.264 e. The van der Waals surface area contributed by atoms with Crippen LogP contribution < -0.4 is 23.8 Å². The van der Waals surface area contributed by atoms with Crippen LogP contribution in [0, 0.1) is 5.92 Å². The Morgan fingerprint density at radius 2 is 1.41 bits per heavy atom. The minimum Gasteiger partial charge on any atom is -0.497 e. The molecule has 1 N–H and O–H groups in total. The molecule has 0 saturated carbocycles. The van der Waals surface area contributed by atoms with Gasteiger partial charge >= 0.3 is 0 Å². The summed E-state index contributed by atoms with van der Waals surface area (Å²) in [6, 6.07) is 19.9. The molecule has 0 fully saturated rings. The molecule has 0 aromatic heterocycles. The van der Waals surface area contributed by atoms with Crippen LogP contribution in [0.5, 0.6) is 17.2 Å². The SMILES string of the molecule is COc1ccc([C@@H](CC(C)C)NC(=O)CN(c2ccccc2OC)S(=O)(=O)c2ccc(OC)cc2)cc1. The van der Waals surface area contributed by atoms with Crippen LogP contribution in [-0.2, 0) is 14.8 Å². The fourth-order valence-electron chi connectivity index (χ4n) is 3.97. The lowest BCUT2D eigenvalue weighted by Crippen LogP contribution is -2.42. The van der Waals surface area contributed by atoms with E-state index >= 15 is 0 Å². The van der Waals surface area contributed by atoms with Crippen LogP contribution in [-0.4, -0.2) is 42.2 Å². The minimum absolute atomic E-state index is 0.0286. The lowest BCUT2D eigenvalue weighted by molar-refractivity contribution is -0.120. The largest absolute Gasteiger partial charge is 0.497 e. The van der Waals surface area contributed by atoms with Gasteiger partial charge in [-0.3, -0.25) is 9.10 Å². The highest BCUT2D eigenvalue weighted by Crippen LogP contribution is 2.33. The van der Waals surface area contributed by atoms with Crippen molar-refractivity contribution in [3.05, 3.63) is 78.4 Å². The van der Waals surface area contributed by atoms with Gasteiger partial charge in [-0.15, -0.1) is 0 Å². The van der Waals surface area contributed by atoms with Crippen LogP contribution >= 0.6 is 0 Å². The number of carbonyl (C=O) groups excluding carboxylic acids is 1. The molecule has 3 aromatic rings. The summed E-state index contributed by atoms with van der Waals surface area (Å²) in [5, 5.41) is 3.03.